The van der Waals surface area contributed by atoms with Crippen molar-refractivity contribution in [3.8, 4) is 5.75 Å². The molecule has 0 radical (unpaired) electrons. The smallest absolute Gasteiger partial charge is 0.257 e. The van der Waals surface area contributed by atoms with Crippen molar-refractivity contribution in [3.05, 3.63) is 41.5 Å². The summed E-state index contributed by atoms with van der Waals surface area (Å²) in [4.78, 5) is 27.2. The first-order valence-electron chi connectivity index (χ1n) is 10.3. The number of carbonyl (C=O) groups is 1. The van der Waals surface area contributed by atoms with E-state index in [-0.39, 0.29) is 0 Å². The van der Waals surface area contributed by atoms with Gasteiger partial charge in [0, 0.05) is 45.3 Å². The number of halogens is 3. The van der Waals surface area contributed by atoms with Gasteiger partial charge in [-0.3, -0.25) is 4.79 Å². The molecule has 2 fully saturated rings. The molecule has 1 aromatic carbocycles. The molecule has 7 nitrogen and oxygen atoms in total. The SMILES string of the molecule is COc1c(F)c(F)cc(C(=O)N2CCN(c3cc(N4CCCCC4)ncn3)CC2)c1F. The third-order valence-electron chi connectivity index (χ3n) is 5.76. The number of piperidine rings is 1. The van der Waals surface area contributed by atoms with Crippen LogP contribution in [-0.4, -0.2) is 67.2 Å². The van der Waals surface area contributed by atoms with E-state index in [2.05, 4.69) is 19.6 Å². The van der Waals surface area contributed by atoms with Crippen LogP contribution in [0.5, 0.6) is 5.75 Å². The summed E-state index contributed by atoms with van der Waals surface area (Å²) < 4.78 is 46.5. The molecular weight excluding hydrogens is 411 g/mol. The molecule has 0 unspecified atom stereocenters. The summed E-state index contributed by atoms with van der Waals surface area (Å²) in [6, 6.07) is 2.53. The van der Waals surface area contributed by atoms with E-state index in [0.717, 1.165) is 44.7 Å². The molecule has 0 N–H and O–H groups in total. The summed E-state index contributed by atoms with van der Waals surface area (Å²) in [5.41, 5.74) is -0.543. The molecule has 0 spiro atoms. The average molecular weight is 435 g/mol. The highest BCUT2D eigenvalue weighted by Gasteiger charge is 2.29. The maximum Gasteiger partial charge on any atom is 0.257 e. The monoisotopic (exact) mass is 435 g/mol. The lowest BCUT2D eigenvalue weighted by atomic mass is 10.1. The molecule has 0 saturated carbocycles. The summed E-state index contributed by atoms with van der Waals surface area (Å²) in [5, 5.41) is 0. The van der Waals surface area contributed by atoms with Crippen molar-refractivity contribution in [3.63, 3.8) is 0 Å². The summed E-state index contributed by atoms with van der Waals surface area (Å²) >= 11 is 0. The molecule has 2 aliphatic heterocycles. The zero-order valence-electron chi connectivity index (χ0n) is 17.3. The summed E-state index contributed by atoms with van der Waals surface area (Å²) in [5.74, 6) is -3.92. The van der Waals surface area contributed by atoms with E-state index in [1.807, 2.05) is 11.0 Å². The number of carbonyl (C=O) groups excluding carboxylic acids is 1. The lowest BCUT2D eigenvalue weighted by Gasteiger charge is -2.36. The Balaban J connectivity index is 1.45. The maximum absolute atomic E-state index is 14.5. The van der Waals surface area contributed by atoms with Crippen molar-refractivity contribution in [2.75, 3.05) is 56.2 Å². The largest absolute Gasteiger partial charge is 0.491 e. The van der Waals surface area contributed by atoms with E-state index < -0.39 is 34.7 Å². The highest BCUT2D eigenvalue weighted by Crippen LogP contribution is 2.28. The van der Waals surface area contributed by atoms with Crippen LogP contribution >= 0.6 is 0 Å². The van der Waals surface area contributed by atoms with Crippen molar-refractivity contribution >= 4 is 17.5 Å². The first-order valence-corrected chi connectivity index (χ1v) is 10.3. The van der Waals surface area contributed by atoms with E-state index in [1.165, 1.54) is 11.3 Å². The fraction of sp³-hybridized carbons (Fsp3) is 0.476. The maximum atomic E-state index is 14.5. The molecular formula is C21H24F3N5O2. The van der Waals surface area contributed by atoms with Gasteiger partial charge in [-0.25, -0.2) is 18.7 Å². The molecule has 2 aromatic rings. The van der Waals surface area contributed by atoms with Crippen LogP contribution in [-0.2, 0) is 0 Å². The zero-order valence-corrected chi connectivity index (χ0v) is 17.3. The Bertz CT molecular complexity index is 960. The van der Waals surface area contributed by atoms with Gasteiger partial charge in [-0.05, 0) is 25.3 Å². The van der Waals surface area contributed by atoms with E-state index in [9.17, 15) is 18.0 Å². The van der Waals surface area contributed by atoms with E-state index >= 15 is 0 Å². The lowest BCUT2D eigenvalue weighted by molar-refractivity contribution is 0.0740. The molecule has 0 bridgehead atoms. The highest BCUT2D eigenvalue weighted by molar-refractivity contribution is 5.95. The van der Waals surface area contributed by atoms with Gasteiger partial charge >= 0.3 is 0 Å². The lowest BCUT2D eigenvalue weighted by Crippen LogP contribution is -2.49. The molecule has 166 valence electrons. The molecule has 3 heterocycles. The van der Waals surface area contributed by atoms with Gasteiger partial charge in [0.05, 0.1) is 12.7 Å². The molecule has 1 aromatic heterocycles. The predicted octanol–water partition coefficient (Wildman–Crippen LogP) is 2.86. The number of hydrogen-bond acceptors (Lipinski definition) is 6. The summed E-state index contributed by atoms with van der Waals surface area (Å²) in [6.07, 6.45) is 5.06. The van der Waals surface area contributed by atoms with Crippen LogP contribution in [0, 0.1) is 17.5 Å². The number of hydrogen-bond donors (Lipinski definition) is 0. The van der Waals surface area contributed by atoms with E-state index in [1.54, 1.807) is 6.33 Å². The van der Waals surface area contributed by atoms with Gasteiger partial charge in [-0.1, -0.05) is 0 Å². The Kier molecular flexibility index (Phi) is 6.15. The first kappa shape index (κ1) is 21.2. The number of ether oxygens (including phenoxy) is 1. The number of nitrogens with zero attached hydrogens (tertiary/aromatic N) is 5. The van der Waals surface area contributed by atoms with Crippen molar-refractivity contribution in [1.29, 1.82) is 0 Å². The van der Waals surface area contributed by atoms with Crippen LogP contribution in [0.2, 0.25) is 0 Å². The quantitative estimate of drug-likeness (QED) is 0.689. The van der Waals surface area contributed by atoms with Gasteiger partial charge in [-0.15, -0.1) is 0 Å². The Hall–Kier alpha value is -3.04. The molecule has 31 heavy (non-hydrogen) atoms. The second kappa shape index (κ2) is 8.99. The molecule has 2 saturated heterocycles. The average Bonchev–Trinajstić information content (AvgIpc) is 2.82. The number of anilines is 2. The second-order valence-electron chi connectivity index (χ2n) is 7.63. The molecule has 0 aliphatic carbocycles. The van der Waals surface area contributed by atoms with Crippen molar-refractivity contribution < 1.29 is 22.7 Å². The van der Waals surface area contributed by atoms with Crippen LogP contribution < -0.4 is 14.5 Å². The fourth-order valence-corrected chi connectivity index (χ4v) is 4.03. The summed E-state index contributed by atoms with van der Waals surface area (Å²) in [7, 11) is 1.02. The third kappa shape index (κ3) is 4.24. The van der Waals surface area contributed by atoms with Crippen molar-refractivity contribution in [2.45, 2.75) is 19.3 Å². The fourth-order valence-electron chi connectivity index (χ4n) is 4.03. The number of rotatable bonds is 4. The zero-order chi connectivity index (χ0) is 22.0. The third-order valence-corrected chi connectivity index (χ3v) is 5.76. The normalized spacial score (nSPS) is 17.1. The molecule has 1 amide bonds. The number of methoxy groups -OCH3 is 1. The standard InChI is InChI=1S/C21H24F3N5O2/c1-31-20-18(23)14(11-15(22)19(20)24)21(30)29-9-7-28(8-10-29)17-12-16(25-13-26-17)27-5-3-2-4-6-27/h11-13H,2-10H2,1H3. The van der Waals surface area contributed by atoms with Gasteiger partial charge in [0.25, 0.3) is 5.91 Å². The Morgan fingerprint density at radius 2 is 1.48 bits per heavy atom. The van der Waals surface area contributed by atoms with Crippen molar-refractivity contribution in [2.24, 2.45) is 0 Å². The number of aromatic nitrogens is 2. The minimum absolute atomic E-state index is 0.294. The summed E-state index contributed by atoms with van der Waals surface area (Å²) in [6.45, 7) is 3.49. The molecule has 2 aliphatic rings. The van der Waals surface area contributed by atoms with Crippen LogP contribution in [0.1, 0.15) is 29.6 Å². The topological polar surface area (TPSA) is 61.8 Å². The number of amides is 1. The molecule has 10 heteroatoms. The van der Waals surface area contributed by atoms with Gasteiger partial charge in [0.1, 0.15) is 18.0 Å². The Morgan fingerprint density at radius 3 is 2.10 bits per heavy atom. The van der Waals surface area contributed by atoms with Crippen LogP contribution in [0.15, 0.2) is 18.5 Å². The minimum atomic E-state index is -1.45. The van der Waals surface area contributed by atoms with Crippen LogP contribution in [0.4, 0.5) is 24.8 Å². The van der Waals surface area contributed by atoms with Crippen LogP contribution in [0.3, 0.4) is 0 Å². The van der Waals surface area contributed by atoms with E-state index in [0.29, 0.717) is 32.2 Å². The molecule has 0 atom stereocenters. The van der Waals surface area contributed by atoms with Gasteiger partial charge < -0.3 is 19.4 Å². The van der Waals surface area contributed by atoms with Gasteiger partial charge in [0.15, 0.2) is 17.4 Å². The van der Waals surface area contributed by atoms with E-state index in [4.69, 9.17) is 0 Å². The predicted molar refractivity (Wildman–Crippen MR) is 109 cm³/mol. The minimum Gasteiger partial charge on any atom is -0.491 e. The Morgan fingerprint density at radius 1 is 0.871 bits per heavy atom. The van der Waals surface area contributed by atoms with Gasteiger partial charge in [0.2, 0.25) is 5.82 Å². The van der Waals surface area contributed by atoms with Crippen LogP contribution in [0.25, 0.3) is 0 Å². The molecule has 4 rings (SSSR count). The number of benzene rings is 1. The number of piperazine rings is 1. The highest BCUT2D eigenvalue weighted by atomic mass is 19.2. The Labute approximate surface area is 178 Å². The van der Waals surface area contributed by atoms with Gasteiger partial charge in [-0.2, -0.15) is 4.39 Å². The van der Waals surface area contributed by atoms with Crippen molar-refractivity contribution in [1.82, 2.24) is 14.9 Å². The second-order valence-corrected chi connectivity index (χ2v) is 7.63. The first-order chi connectivity index (χ1) is 15.0.